The maximum atomic E-state index is 13.7. The summed E-state index contributed by atoms with van der Waals surface area (Å²) < 4.78 is 19.8. The van der Waals surface area contributed by atoms with Crippen LogP contribution in [-0.2, 0) is 4.74 Å². The van der Waals surface area contributed by atoms with Gasteiger partial charge < -0.3 is 4.74 Å². The molecule has 0 aromatic heterocycles. The lowest BCUT2D eigenvalue weighted by molar-refractivity contribution is 0.214. The Morgan fingerprint density at radius 3 is 2.88 bits per heavy atom. The minimum atomic E-state index is -0.446. The summed E-state index contributed by atoms with van der Waals surface area (Å²) in [5.41, 5.74) is 3.05. The van der Waals surface area contributed by atoms with Crippen molar-refractivity contribution in [2.24, 2.45) is 5.84 Å². The Balaban J connectivity index is 2.40. The quantitative estimate of drug-likeness (QED) is 0.663. The highest BCUT2D eigenvalue weighted by Gasteiger charge is 2.24. The van der Waals surface area contributed by atoms with Gasteiger partial charge in [-0.15, -0.1) is 0 Å². The Kier molecular flexibility index (Phi) is 3.58. The van der Waals surface area contributed by atoms with Gasteiger partial charge in [-0.25, -0.2) is 9.82 Å². The van der Waals surface area contributed by atoms with Crippen LogP contribution in [0.5, 0.6) is 0 Å². The molecule has 1 heterocycles. The third-order valence-electron chi connectivity index (χ3n) is 2.47. The summed E-state index contributed by atoms with van der Waals surface area (Å²) in [6.45, 7) is 0.625. The zero-order valence-corrected chi connectivity index (χ0v) is 10.1. The van der Waals surface area contributed by atoms with Gasteiger partial charge in [0.2, 0.25) is 0 Å². The van der Waals surface area contributed by atoms with Gasteiger partial charge >= 0.3 is 0 Å². The number of benzene rings is 1. The average Bonchev–Trinajstić information content (AvgIpc) is 2.77. The van der Waals surface area contributed by atoms with Crippen molar-refractivity contribution >= 4 is 15.9 Å². The molecule has 0 radical (unpaired) electrons. The molecule has 1 aromatic carbocycles. The number of hydrogen-bond acceptors (Lipinski definition) is 3. The summed E-state index contributed by atoms with van der Waals surface area (Å²) in [5.74, 6) is 5.83. The molecule has 1 aliphatic rings. The molecule has 5 heteroatoms. The smallest absolute Gasteiger partial charge is 0.129 e. The first-order valence-corrected chi connectivity index (χ1v) is 5.76. The zero-order chi connectivity index (χ0) is 11.5. The van der Waals surface area contributed by atoms with Gasteiger partial charge in [-0.1, -0.05) is 22.0 Å². The van der Waals surface area contributed by atoms with Crippen LogP contribution in [0.2, 0.25) is 0 Å². The number of hydrogen-bond donors (Lipinski definition) is 2. The van der Waals surface area contributed by atoms with Gasteiger partial charge in [0.05, 0.1) is 6.61 Å². The third kappa shape index (κ3) is 2.11. The van der Waals surface area contributed by atoms with E-state index in [1.807, 2.05) is 6.08 Å². The average molecular weight is 287 g/mol. The molecule has 3 N–H and O–H groups in total. The van der Waals surface area contributed by atoms with Crippen LogP contribution in [-0.4, -0.2) is 6.61 Å². The molecule has 86 valence electrons. The highest BCUT2D eigenvalue weighted by molar-refractivity contribution is 9.10. The van der Waals surface area contributed by atoms with Gasteiger partial charge in [0.1, 0.15) is 17.6 Å². The number of rotatable bonds is 3. The van der Waals surface area contributed by atoms with Crippen LogP contribution in [0, 0.1) is 5.82 Å². The second-order valence-corrected chi connectivity index (χ2v) is 4.33. The second kappa shape index (κ2) is 4.95. The van der Waals surface area contributed by atoms with Crippen LogP contribution in [0.15, 0.2) is 34.5 Å². The fourth-order valence-electron chi connectivity index (χ4n) is 1.73. The lowest BCUT2D eigenvalue weighted by atomic mass is 10.0. The van der Waals surface area contributed by atoms with Crippen molar-refractivity contribution in [3.63, 3.8) is 0 Å². The molecule has 16 heavy (non-hydrogen) atoms. The summed E-state index contributed by atoms with van der Waals surface area (Å²) in [4.78, 5) is 0. The molecule has 1 aromatic rings. The first-order valence-electron chi connectivity index (χ1n) is 4.97. The van der Waals surface area contributed by atoms with Gasteiger partial charge in [0.15, 0.2) is 0 Å². The van der Waals surface area contributed by atoms with E-state index in [0.29, 0.717) is 22.4 Å². The number of hydrazine groups is 1. The first kappa shape index (κ1) is 11.6. The molecule has 0 amide bonds. The molecule has 0 saturated carbocycles. The van der Waals surface area contributed by atoms with E-state index in [2.05, 4.69) is 21.4 Å². The fourth-order valence-corrected chi connectivity index (χ4v) is 2.30. The number of nitrogens with one attached hydrogen (secondary N) is 1. The largest absolute Gasteiger partial charge is 0.496 e. The van der Waals surface area contributed by atoms with Crippen LogP contribution in [0.1, 0.15) is 18.0 Å². The van der Waals surface area contributed by atoms with Crippen LogP contribution in [0.25, 0.3) is 0 Å². The maximum Gasteiger partial charge on any atom is 0.129 e. The van der Waals surface area contributed by atoms with Gasteiger partial charge in [0, 0.05) is 16.5 Å². The van der Waals surface area contributed by atoms with Crippen molar-refractivity contribution in [3.8, 4) is 0 Å². The van der Waals surface area contributed by atoms with E-state index < -0.39 is 6.04 Å². The van der Waals surface area contributed by atoms with E-state index in [4.69, 9.17) is 10.6 Å². The Labute approximate surface area is 102 Å². The molecular weight excluding hydrogens is 275 g/mol. The van der Waals surface area contributed by atoms with Crippen molar-refractivity contribution in [2.75, 3.05) is 6.61 Å². The zero-order valence-electron chi connectivity index (χ0n) is 8.54. The lowest BCUT2D eigenvalue weighted by Gasteiger charge is -2.19. The summed E-state index contributed by atoms with van der Waals surface area (Å²) in [6, 6.07) is 4.37. The number of halogens is 2. The SMILES string of the molecule is NNC(C1=CCCO1)c1c(F)cccc1Br. The minimum Gasteiger partial charge on any atom is -0.496 e. The van der Waals surface area contributed by atoms with Crippen LogP contribution in [0.3, 0.4) is 0 Å². The van der Waals surface area contributed by atoms with Gasteiger partial charge in [0.25, 0.3) is 0 Å². The van der Waals surface area contributed by atoms with Crippen LogP contribution in [0.4, 0.5) is 4.39 Å². The predicted octanol–water partition coefficient (Wildman–Crippen LogP) is 2.40. The van der Waals surface area contributed by atoms with Crippen molar-refractivity contribution in [1.29, 1.82) is 0 Å². The summed E-state index contributed by atoms with van der Waals surface area (Å²) in [5, 5.41) is 0. The molecule has 3 nitrogen and oxygen atoms in total. The molecular formula is C11H12BrFN2O. The molecule has 0 spiro atoms. The lowest BCUT2D eigenvalue weighted by Crippen LogP contribution is -2.30. The Morgan fingerprint density at radius 2 is 2.31 bits per heavy atom. The van der Waals surface area contributed by atoms with Crippen molar-refractivity contribution in [3.05, 3.63) is 45.9 Å². The number of nitrogens with two attached hydrogens (primary N) is 1. The van der Waals surface area contributed by atoms with Gasteiger partial charge in [-0.05, 0) is 18.2 Å². The highest BCUT2D eigenvalue weighted by atomic mass is 79.9. The molecule has 1 atom stereocenters. The predicted molar refractivity (Wildman–Crippen MR) is 62.8 cm³/mol. The Hall–Kier alpha value is -0.910. The van der Waals surface area contributed by atoms with Crippen molar-refractivity contribution in [1.82, 2.24) is 5.43 Å². The van der Waals surface area contributed by atoms with E-state index in [9.17, 15) is 4.39 Å². The minimum absolute atomic E-state index is 0.311. The standard InChI is InChI=1S/C11H12BrFN2O/c12-7-3-1-4-8(13)10(7)11(15-14)9-5-2-6-16-9/h1,3-5,11,15H,2,6,14H2. The summed E-state index contributed by atoms with van der Waals surface area (Å²) >= 11 is 3.32. The molecule has 2 rings (SSSR count). The topological polar surface area (TPSA) is 47.3 Å². The molecule has 1 aliphatic heterocycles. The second-order valence-electron chi connectivity index (χ2n) is 3.48. The van der Waals surface area contributed by atoms with E-state index in [0.717, 1.165) is 6.42 Å². The van der Waals surface area contributed by atoms with E-state index in [1.165, 1.54) is 6.07 Å². The van der Waals surface area contributed by atoms with Crippen LogP contribution >= 0.6 is 15.9 Å². The van der Waals surface area contributed by atoms with E-state index in [1.54, 1.807) is 12.1 Å². The van der Waals surface area contributed by atoms with E-state index >= 15 is 0 Å². The van der Waals surface area contributed by atoms with Gasteiger partial charge in [-0.2, -0.15) is 0 Å². The Bertz CT molecular complexity index is 402. The molecule has 0 aliphatic carbocycles. The molecule has 0 saturated heterocycles. The Morgan fingerprint density at radius 1 is 1.50 bits per heavy atom. The normalized spacial score (nSPS) is 16.8. The third-order valence-corrected chi connectivity index (χ3v) is 3.16. The molecule has 0 fully saturated rings. The van der Waals surface area contributed by atoms with Crippen molar-refractivity contribution in [2.45, 2.75) is 12.5 Å². The fraction of sp³-hybridized carbons (Fsp3) is 0.273. The maximum absolute atomic E-state index is 13.7. The summed E-state index contributed by atoms with van der Waals surface area (Å²) in [6.07, 6.45) is 2.75. The summed E-state index contributed by atoms with van der Waals surface area (Å²) in [7, 11) is 0. The van der Waals surface area contributed by atoms with Gasteiger partial charge in [-0.3, -0.25) is 5.84 Å². The monoisotopic (exact) mass is 286 g/mol. The van der Waals surface area contributed by atoms with E-state index in [-0.39, 0.29) is 5.82 Å². The van der Waals surface area contributed by atoms with Crippen molar-refractivity contribution < 1.29 is 9.13 Å². The molecule has 0 bridgehead atoms. The highest BCUT2D eigenvalue weighted by Crippen LogP contribution is 2.32. The first-order chi connectivity index (χ1) is 7.74. The molecule has 1 unspecified atom stereocenters. The number of ether oxygens (including phenoxy) is 1. The van der Waals surface area contributed by atoms with Crippen LogP contribution < -0.4 is 11.3 Å².